The fourth-order valence-corrected chi connectivity index (χ4v) is 2.86. The van der Waals surface area contributed by atoms with Crippen LogP contribution in [-0.2, 0) is 12.6 Å². The molecule has 0 saturated carbocycles. The van der Waals surface area contributed by atoms with E-state index in [1.165, 1.54) is 12.1 Å². The summed E-state index contributed by atoms with van der Waals surface area (Å²) in [7, 11) is 0. The lowest BCUT2D eigenvalue weighted by Gasteiger charge is -2.32. The number of benzene rings is 2. The first kappa shape index (κ1) is 14.6. The SMILES string of the molecule is O=Cc1cccc2c1CCCN2c1ccc(C(F)(F)F)cc1. The maximum absolute atomic E-state index is 12.6. The second-order valence-corrected chi connectivity index (χ2v) is 5.26. The minimum Gasteiger partial charge on any atom is -0.341 e. The van der Waals surface area contributed by atoms with Crippen LogP contribution in [0.3, 0.4) is 0 Å². The molecule has 1 aliphatic rings. The molecule has 22 heavy (non-hydrogen) atoms. The monoisotopic (exact) mass is 305 g/mol. The molecule has 0 saturated heterocycles. The normalized spacial score (nSPS) is 14.6. The molecule has 0 amide bonds. The van der Waals surface area contributed by atoms with Crippen LogP contribution < -0.4 is 4.90 Å². The van der Waals surface area contributed by atoms with Gasteiger partial charge < -0.3 is 4.90 Å². The molecule has 1 aliphatic heterocycles. The van der Waals surface area contributed by atoms with Crippen molar-refractivity contribution in [3.05, 3.63) is 59.2 Å². The summed E-state index contributed by atoms with van der Waals surface area (Å²) in [5.41, 5.74) is 2.56. The summed E-state index contributed by atoms with van der Waals surface area (Å²) in [6.07, 6.45) is -1.83. The van der Waals surface area contributed by atoms with Crippen LogP contribution in [0.25, 0.3) is 0 Å². The zero-order valence-electron chi connectivity index (χ0n) is 11.7. The van der Waals surface area contributed by atoms with Gasteiger partial charge in [0.15, 0.2) is 0 Å². The summed E-state index contributed by atoms with van der Waals surface area (Å²) in [6, 6.07) is 10.6. The van der Waals surface area contributed by atoms with Crippen molar-refractivity contribution in [3.63, 3.8) is 0 Å². The van der Waals surface area contributed by atoms with Crippen molar-refractivity contribution in [1.82, 2.24) is 0 Å². The van der Waals surface area contributed by atoms with Gasteiger partial charge in [-0.15, -0.1) is 0 Å². The summed E-state index contributed by atoms with van der Waals surface area (Å²) >= 11 is 0. The number of halogens is 3. The summed E-state index contributed by atoms with van der Waals surface area (Å²) in [4.78, 5) is 13.1. The van der Waals surface area contributed by atoms with Crippen molar-refractivity contribution in [3.8, 4) is 0 Å². The lowest BCUT2D eigenvalue weighted by Crippen LogP contribution is -2.25. The number of rotatable bonds is 2. The predicted molar refractivity (Wildman–Crippen MR) is 78.6 cm³/mol. The van der Waals surface area contributed by atoms with Gasteiger partial charge in [-0.2, -0.15) is 13.2 Å². The fourth-order valence-electron chi connectivity index (χ4n) is 2.86. The Bertz CT molecular complexity index is 692. The molecule has 0 unspecified atom stereocenters. The van der Waals surface area contributed by atoms with Crippen LogP contribution in [0.5, 0.6) is 0 Å². The highest BCUT2D eigenvalue weighted by Gasteiger charge is 2.30. The molecule has 0 radical (unpaired) electrons. The molecule has 2 aromatic rings. The molecular formula is C17H14F3NO. The average molecular weight is 305 g/mol. The summed E-state index contributed by atoms with van der Waals surface area (Å²) in [5.74, 6) is 0. The number of fused-ring (bicyclic) bond motifs is 1. The van der Waals surface area contributed by atoms with Crippen molar-refractivity contribution in [1.29, 1.82) is 0 Å². The Balaban J connectivity index is 1.99. The molecule has 0 aromatic heterocycles. The molecule has 0 spiro atoms. The second kappa shape index (κ2) is 5.48. The van der Waals surface area contributed by atoms with Gasteiger partial charge in [0, 0.05) is 23.5 Å². The number of aldehydes is 1. The minimum absolute atomic E-state index is 0.647. The topological polar surface area (TPSA) is 20.3 Å². The van der Waals surface area contributed by atoms with Gasteiger partial charge in [0.1, 0.15) is 6.29 Å². The Morgan fingerprint density at radius 1 is 1.05 bits per heavy atom. The molecule has 0 bridgehead atoms. The van der Waals surface area contributed by atoms with E-state index in [4.69, 9.17) is 0 Å². The molecule has 0 aliphatic carbocycles. The molecule has 0 N–H and O–H groups in total. The Morgan fingerprint density at radius 2 is 1.77 bits per heavy atom. The van der Waals surface area contributed by atoms with E-state index in [1.54, 1.807) is 12.1 Å². The van der Waals surface area contributed by atoms with Crippen molar-refractivity contribution in [2.45, 2.75) is 19.0 Å². The fraction of sp³-hybridized carbons (Fsp3) is 0.235. The van der Waals surface area contributed by atoms with Crippen molar-refractivity contribution in [2.75, 3.05) is 11.4 Å². The van der Waals surface area contributed by atoms with Gasteiger partial charge in [-0.1, -0.05) is 12.1 Å². The summed E-state index contributed by atoms with van der Waals surface area (Å²) in [6.45, 7) is 0.723. The van der Waals surface area contributed by atoms with Gasteiger partial charge in [-0.25, -0.2) is 0 Å². The first-order valence-electron chi connectivity index (χ1n) is 7.02. The van der Waals surface area contributed by atoms with Crippen LogP contribution in [0.4, 0.5) is 24.5 Å². The molecule has 5 heteroatoms. The third-order valence-electron chi connectivity index (χ3n) is 3.92. The molecule has 1 heterocycles. The number of nitrogens with zero attached hydrogens (tertiary/aromatic N) is 1. The van der Waals surface area contributed by atoms with E-state index in [1.807, 2.05) is 11.0 Å². The van der Waals surface area contributed by atoms with Gasteiger partial charge >= 0.3 is 6.18 Å². The molecular weight excluding hydrogens is 291 g/mol. The van der Waals surface area contributed by atoms with Crippen LogP contribution in [0.1, 0.15) is 27.9 Å². The predicted octanol–water partition coefficient (Wildman–Crippen LogP) is 4.60. The van der Waals surface area contributed by atoms with E-state index in [2.05, 4.69) is 0 Å². The molecule has 2 aromatic carbocycles. The van der Waals surface area contributed by atoms with Gasteiger partial charge in [-0.3, -0.25) is 4.79 Å². The van der Waals surface area contributed by atoms with Crippen LogP contribution in [0.15, 0.2) is 42.5 Å². The van der Waals surface area contributed by atoms with Gasteiger partial charge in [0.05, 0.1) is 5.56 Å². The maximum atomic E-state index is 12.6. The number of anilines is 2. The first-order chi connectivity index (χ1) is 10.5. The van der Waals surface area contributed by atoms with E-state index in [0.29, 0.717) is 11.3 Å². The molecule has 0 fully saturated rings. The van der Waals surface area contributed by atoms with Gasteiger partial charge in [-0.05, 0) is 48.7 Å². The molecule has 114 valence electrons. The second-order valence-electron chi connectivity index (χ2n) is 5.26. The third-order valence-corrected chi connectivity index (χ3v) is 3.92. The number of hydrogen-bond acceptors (Lipinski definition) is 2. The Labute approximate surface area is 126 Å². The quantitative estimate of drug-likeness (QED) is 0.756. The largest absolute Gasteiger partial charge is 0.416 e. The van der Waals surface area contributed by atoms with Crippen LogP contribution in [0.2, 0.25) is 0 Å². The van der Waals surface area contributed by atoms with Crippen LogP contribution >= 0.6 is 0 Å². The Kier molecular flexibility index (Phi) is 3.64. The lowest BCUT2D eigenvalue weighted by atomic mass is 9.96. The van der Waals surface area contributed by atoms with Gasteiger partial charge in [0.2, 0.25) is 0 Å². The highest BCUT2D eigenvalue weighted by atomic mass is 19.4. The number of carbonyl (C=O) groups is 1. The Morgan fingerprint density at radius 3 is 2.41 bits per heavy atom. The number of alkyl halides is 3. The summed E-state index contributed by atoms with van der Waals surface area (Å²) < 4.78 is 37.9. The maximum Gasteiger partial charge on any atom is 0.416 e. The van der Waals surface area contributed by atoms with E-state index < -0.39 is 11.7 Å². The van der Waals surface area contributed by atoms with E-state index in [9.17, 15) is 18.0 Å². The molecule has 0 atom stereocenters. The molecule has 2 nitrogen and oxygen atoms in total. The smallest absolute Gasteiger partial charge is 0.341 e. The van der Waals surface area contributed by atoms with Crippen molar-refractivity contribution < 1.29 is 18.0 Å². The third kappa shape index (κ3) is 2.58. The zero-order valence-corrected chi connectivity index (χ0v) is 11.7. The average Bonchev–Trinajstić information content (AvgIpc) is 2.53. The lowest BCUT2D eigenvalue weighted by molar-refractivity contribution is -0.137. The highest BCUT2D eigenvalue weighted by molar-refractivity contribution is 5.83. The van der Waals surface area contributed by atoms with Crippen LogP contribution in [0, 0.1) is 0 Å². The number of carbonyl (C=O) groups excluding carboxylic acids is 1. The zero-order chi connectivity index (χ0) is 15.7. The van der Waals surface area contributed by atoms with E-state index in [0.717, 1.165) is 49.1 Å². The minimum atomic E-state index is -4.33. The van der Waals surface area contributed by atoms with Crippen molar-refractivity contribution >= 4 is 17.7 Å². The number of hydrogen-bond donors (Lipinski definition) is 0. The van der Waals surface area contributed by atoms with Crippen molar-refractivity contribution in [2.24, 2.45) is 0 Å². The summed E-state index contributed by atoms with van der Waals surface area (Å²) in [5, 5.41) is 0. The molecule has 3 rings (SSSR count). The van der Waals surface area contributed by atoms with E-state index >= 15 is 0 Å². The Hall–Kier alpha value is -2.30. The van der Waals surface area contributed by atoms with Gasteiger partial charge in [0.25, 0.3) is 0 Å². The highest BCUT2D eigenvalue weighted by Crippen LogP contribution is 2.36. The van der Waals surface area contributed by atoms with E-state index in [-0.39, 0.29) is 0 Å². The van der Waals surface area contributed by atoms with Crippen LogP contribution in [-0.4, -0.2) is 12.8 Å². The standard InChI is InChI=1S/C17H14F3NO/c18-17(19,20)13-6-8-14(9-7-13)21-10-2-4-15-12(11-22)3-1-5-16(15)21/h1,3,5-9,11H,2,4,10H2. The first-order valence-corrected chi connectivity index (χ1v) is 7.02.